The van der Waals surface area contributed by atoms with E-state index in [9.17, 15) is 0 Å². The van der Waals surface area contributed by atoms with Crippen LogP contribution in [0.5, 0.6) is 0 Å². The zero-order valence-corrected chi connectivity index (χ0v) is 15.4. The van der Waals surface area contributed by atoms with Gasteiger partial charge in [0.25, 0.3) is 0 Å². The van der Waals surface area contributed by atoms with Crippen LogP contribution in [0.1, 0.15) is 16.7 Å². The SMILES string of the molecule is CN(C)Cc1ccc(C2=CC3ON=C(c4ccccc4)C3=CN2C)cc1. The van der Waals surface area contributed by atoms with Gasteiger partial charge in [0.2, 0.25) is 0 Å². The van der Waals surface area contributed by atoms with E-state index in [1.165, 1.54) is 11.1 Å². The van der Waals surface area contributed by atoms with Crippen molar-refractivity contribution in [2.45, 2.75) is 12.6 Å². The van der Waals surface area contributed by atoms with Gasteiger partial charge in [-0.2, -0.15) is 0 Å². The van der Waals surface area contributed by atoms with Crippen molar-refractivity contribution in [3.8, 4) is 0 Å². The number of rotatable bonds is 4. The molecule has 0 aliphatic carbocycles. The van der Waals surface area contributed by atoms with Gasteiger partial charge in [0, 0.05) is 36.6 Å². The van der Waals surface area contributed by atoms with Crippen LogP contribution >= 0.6 is 0 Å². The van der Waals surface area contributed by atoms with Crippen molar-refractivity contribution in [1.82, 2.24) is 9.80 Å². The second kappa shape index (κ2) is 6.81. The maximum absolute atomic E-state index is 5.71. The summed E-state index contributed by atoms with van der Waals surface area (Å²) in [6.07, 6.45) is 4.15. The minimum atomic E-state index is -0.127. The molecule has 2 aromatic carbocycles. The molecule has 4 nitrogen and oxygen atoms in total. The lowest BCUT2D eigenvalue weighted by molar-refractivity contribution is 0.134. The van der Waals surface area contributed by atoms with E-state index in [-0.39, 0.29) is 6.10 Å². The summed E-state index contributed by atoms with van der Waals surface area (Å²) in [5.41, 5.74) is 6.73. The molecule has 0 fully saturated rings. The summed E-state index contributed by atoms with van der Waals surface area (Å²) in [5.74, 6) is 0. The Morgan fingerprint density at radius 3 is 2.42 bits per heavy atom. The lowest BCUT2D eigenvalue weighted by Crippen LogP contribution is -2.23. The zero-order chi connectivity index (χ0) is 18.1. The highest BCUT2D eigenvalue weighted by atomic mass is 16.6. The van der Waals surface area contributed by atoms with Gasteiger partial charge in [-0.05, 0) is 31.3 Å². The predicted molar refractivity (Wildman–Crippen MR) is 106 cm³/mol. The van der Waals surface area contributed by atoms with Crippen LogP contribution in [0.2, 0.25) is 0 Å². The fourth-order valence-corrected chi connectivity index (χ4v) is 3.41. The van der Waals surface area contributed by atoms with E-state index in [1.54, 1.807) is 0 Å². The van der Waals surface area contributed by atoms with Crippen LogP contribution in [0.3, 0.4) is 0 Å². The fourth-order valence-electron chi connectivity index (χ4n) is 3.41. The Kier molecular flexibility index (Phi) is 4.35. The molecular formula is C22H23N3O. The molecule has 2 aliphatic rings. The van der Waals surface area contributed by atoms with Crippen LogP contribution in [-0.2, 0) is 11.4 Å². The zero-order valence-electron chi connectivity index (χ0n) is 15.4. The molecule has 1 atom stereocenters. The molecule has 0 aromatic heterocycles. The second-order valence-electron chi connectivity index (χ2n) is 7.01. The largest absolute Gasteiger partial charge is 0.383 e. The van der Waals surface area contributed by atoms with E-state index in [0.717, 1.165) is 29.1 Å². The van der Waals surface area contributed by atoms with Gasteiger partial charge in [-0.15, -0.1) is 0 Å². The predicted octanol–water partition coefficient (Wildman–Crippen LogP) is 3.72. The quantitative estimate of drug-likeness (QED) is 0.845. The minimum absolute atomic E-state index is 0.127. The number of benzene rings is 2. The standard InChI is InChI=1S/C22H23N3O/c1-24(2)14-16-9-11-17(12-10-16)20-13-21-19(15-25(20)3)22(23-26-21)18-7-5-4-6-8-18/h4-13,15,21H,14H2,1-3H3. The Hall–Kier alpha value is -2.85. The highest BCUT2D eigenvalue weighted by molar-refractivity contribution is 6.14. The van der Waals surface area contributed by atoms with Gasteiger partial charge in [0.1, 0.15) is 5.71 Å². The monoisotopic (exact) mass is 345 g/mol. The highest BCUT2D eigenvalue weighted by Crippen LogP contribution is 2.32. The van der Waals surface area contributed by atoms with Gasteiger partial charge in [-0.1, -0.05) is 59.8 Å². The van der Waals surface area contributed by atoms with Gasteiger partial charge in [-0.25, -0.2) is 0 Å². The first-order valence-electron chi connectivity index (χ1n) is 8.82. The molecule has 0 amide bonds. The lowest BCUT2D eigenvalue weighted by atomic mass is 9.95. The Balaban J connectivity index is 1.58. The summed E-state index contributed by atoms with van der Waals surface area (Å²) in [6.45, 7) is 0.944. The summed E-state index contributed by atoms with van der Waals surface area (Å²) in [7, 11) is 6.24. The van der Waals surface area contributed by atoms with Crippen LogP contribution in [0.25, 0.3) is 5.70 Å². The first kappa shape index (κ1) is 16.6. The van der Waals surface area contributed by atoms with Crippen LogP contribution in [-0.4, -0.2) is 42.8 Å². The van der Waals surface area contributed by atoms with E-state index >= 15 is 0 Å². The molecule has 0 N–H and O–H groups in total. The molecule has 132 valence electrons. The molecule has 2 heterocycles. The van der Waals surface area contributed by atoms with Crippen LogP contribution in [0.4, 0.5) is 0 Å². The molecule has 4 rings (SSSR count). The number of hydrogen-bond donors (Lipinski definition) is 0. The third kappa shape index (κ3) is 3.16. The lowest BCUT2D eigenvalue weighted by Gasteiger charge is -2.26. The van der Waals surface area contributed by atoms with Crippen molar-refractivity contribution in [3.63, 3.8) is 0 Å². The summed E-state index contributed by atoms with van der Waals surface area (Å²) in [5, 5.41) is 4.33. The topological polar surface area (TPSA) is 28.1 Å². The second-order valence-corrected chi connectivity index (χ2v) is 7.01. The molecule has 0 bridgehead atoms. The van der Waals surface area contributed by atoms with Gasteiger partial charge >= 0.3 is 0 Å². The summed E-state index contributed by atoms with van der Waals surface area (Å²) in [4.78, 5) is 10.0. The molecule has 26 heavy (non-hydrogen) atoms. The minimum Gasteiger partial charge on any atom is -0.383 e. The molecule has 0 spiro atoms. The smallest absolute Gasteiger partial charge is 0.176 e. The maximum atomic E-state index is 5.71. The molecule has 4 heteroatoms. The molecule has 2 aliphatic heterocycles. The molecule has 1 unspecified atom stereocenters. The Morgan fingerprint density at radius 1 is 1.00 bits per heavy atom. The van der Waals surface area contributed by atoms with Gasteiger partial charge in [0.15, 0.2) is 6.10 Å². The van der Waals surface area contributed by atoms with E-state index in [2.05, 4.69) is 84.8 Å². The number of nitrogens with zero attached hydrogens (tertiary/aromatic N) is 3. The molecule has 0 saturated carbocycles. The number of fused-ring (bicyclic) bond motifs is 1. The average Bonchev–Trinajstić information content (AvgIpc) is 3.05. The molecule has 0 radical (unpaired) electrons. The Labute approximate surface area is 154 Å². The Bertz CT molecular complexity index is 879. The van der Waals surface area contributed by atoms with Crippen molar-refractivity contribution in [3.05, 3.63) is 89.1 Å². The van der Waals surface area contributed by atoms with Crippen LogP contribution in [0, 0.1) is 0 Å². The van der Waals surface area contributed by atoms with Gasteiger partial charge in [-0.3, -0.25) is 0 Å². The maximum Gasteiger partial charge on any atom is 0.176 e. The van der Waals surface area contributed by atoms with E-state index in [1.807, 2.05) is 18.2 Å². The van der Waals surface area contributed by atoms with Crippen molar-refractivity contribution in [1.29, 1.82) is 0 Å². The number of hydrogen-bond acceptors (Lipinski definition) is 4. The Morgan fingerprint density at radius 2 is 1.73 bits per heavy atom. The van der Waals surface area contributed by atoms with E-state index in [4.69, 9.17) is 4.84 Å². The first-order valence-corrected chi connectivity index (χ1v) is 8.82. The highest BCUT2D eigenvalue weighted by Gasteiger charge is 2.31. The summed E-state index contributed by atoms with van der Waals surface area (Å²) < 4.78 is 0. The average molecular weight is 345 g/mol. The first-order chi connectivity index (χ1) is 12.6. The van der Waals surface area contributed by atoms with Crippen molar-refractivity contribution >= 4 is 11.4 Å². The van der Waals surface area contributed by atoms with Crippen LogP contribution in [0.15, 0.2) is 77.6 Å². The van der Waals surface area contributed by atoms with Crippen molar-refractivity contribution < 1.29 is 4.84 Å². The van der Waals surface area contributed by atoms with Crippen LogP contribution < -0.4 is 0 Å². The van der Waals surface area contributed by atoms with Gasteiger partial charge in [0.05, 0.1) is 0 Å². The molecular weight excluding hydrogens is 322 g/mol. The summed E-state index contributed by atoms with van der Waals surface area (Å²) >= 11 is 0. The molecule has 0 saturated heterocycles. The fraction of sp³-hybridized carbons (Fsp3) is 0.227. The summed E-state index contributed by atoms with van der Waals surface area (Å²) in [6, 6.07) is 18.9. The van der Waals surface area contributed by atoms with Crippen molar-refractivity contribution in [2.75, 3.05) is 21.1 Å². The normalized spacial score (nSPS) is 18.8. The van der Waals surface area contributed by atoms with Crippen molar-refractivity contribution in [2.24, 2.45) is 5.16 Å². The van der Waals surface area contributed by atoms with E-state index < -0.39 is 0 Å². The number of oxime groups is 1. The third-order valence-electron chi connectivity index (χ3n) is 4.66. The van der Waals surface area contributed by atoms with E-state index in [0.29, 0.717) is 0 Å². The van der Waals surface area contributed by atoms with Gasteiger partial charge < -0.3 is 14.6 Å². The molecule has 2 aromatic rings. The third-order valence-corrected chi connectivity index (χ3v) is 4.66.